The molecule has 2 aromatic heterocycles. The van der Waals surface area contributed by atoms with Gasteiger partial charge in [0, 0.05) is 30.7 Å². The van der Waals surface area contributed by atoms with Crippen LogP contribution in [0.5, 0.6) is 0 Å². The van der Waals surface area contributed by atoms with Crippen molar-refractivity contribution >= 4 is 17.4 Å². The molecule has 1 N–H and O–H groups in total. The van der Waals surface area contributed by atoms with Crippen molar-refractivity contribution < 1.29 is 4.79 Å². The largest absolute Gasteiger partial charge is 0.350 e. The summed E-state index contributed by atoms with van der Waals surface area (Å²) in [7, 11) is 1.85. The SMILES string of the molecule is CCc1cc(N(C)CC(=O)Nc2cccc(C)c2C)nc(-c2ccccn2)n1. The van der Waals surface area contributed by atoms with E-state index in [9.17, 15) is 4.79 Å². The van der Waals surface area contributed by atoms with E-state index < -0.39 is 0 Å². The van der Waals surface area contributed by atoms with Gasteiger partial charge < -0.3 is 10.2 Å². The first-order chi connectivity index (χ1) is 13.5. The van der Waals surface area contributed by atoms with Crippen LogP contribution in [0.15, 0.2) is 48.7 Å². The predicted octanol–water partition coefficient (Wildman–Crippen LogP) is 3.79. The Balaban J connectivity index is 1.79. The monoisotopic (exact) mass is 375 g/mol. The molecule has 0 fully saturated rings. The Morgan fingerprint density at radius 2 is 1.93 bits per heavy atom. The normalized spacial score (nSPS) is 10.6. The Bertz CT molecular complexity index is 972. The molecule has 3 rings (SSSR count). The van der Waals surface area contributed by atoms with Gasteiger partial charge in [0.15, 0.2) is 5.82 Å². The van der Waals surface area contributed by atoms with E-state index in [0.29, 0.717) is 17.3 Å². The van der Waals surface area contributed by atoms with Crippen molar-refractivity contribution in [3.63, 3.8) is 0 Å². The highest BCUT2D eigenvalue weighted by molar-refractivity contribution is 5.94. The first-order valence-corrected chi connectivity index (χ1v) is 9.34. The van der Waals surface area contributed by atoms with Crippen molar-refractivity contribution in [2.24, 2.45) is 0 Å². The number of amides is 1. The fraction of sp³-hybridized carbons (Fsp3) is 0.273. The molecule has 144 valence electrons. The molecule has 0 radical (unpaired) electrons. The van der Waals surface area contributed by atoms with Crippen LogP contribution in [0.2, 0.25) is 0 Å². The number of rotatable bonds is 6. The number of benzene rings is 1. The van der Waals surface area contributed by atoms with E-state index in [4.69, 9.17) is 0 Å². The summed E-state index contributed by atoms with van der Waals surface area (Å²) in [5.41, 5.74) is 4.69. The number of hydrogen-bond acceptors (Lipinski definition) is 5. The van der Waals surface area contributed by atoms with E-state index >= 15 is 0 Å². The fourth-order valence-corrected chi connectivity index (χ4v) is 2.84. The van der Waals surface area contributed by atoms with Crippen LogP contribution in [-0.2, 0) is 11.2 Å². The molecule has 3 aromatic rings. The van der Waals surface area contributed by atoms with Gasteiger partial charge in [0.2, 0.25) is 5.91 Å². The molecule has 6 heteroatoms. The summed E-state index contributed by atoms with van der Waals surface area (Å²) in [4.78, 5) is 27.9. The molecule has 0 saturated carbocycles. The number of pyridine rings is 1. The third-order valence-electron chi connectivity index (χ3n) is 4.67. The maximum atomic E-state index is 12.6. The van der Waals surface area contributed by atoms with Crippen molar-refractivity contribution in [2.75, 3.05) is 23.8 Å². The standard InChI is InChI=1S/C22H25N5O/c1-5-17-13-20(26-22(24-17)19-10-6-7-12-23-19)27(4)14-21(28)25-18-11-8-9-15(2)16(18)3/h6-13H,5,14H2,1-4H3,(H,25,28). The molecule has 0 unspecified atom stereocenters. The topological polar surface area (TPSA) is 71.0 Å². The highest BCUT2D eigenvalue weighted by Gasteiger charge is 2.14. The van der Waals surface area contributed by atoms with Gasteiger partial charge in [0.05, 0.1) is 6.54 Å². The first kappa shape index (κ1) is 19.5. The molecule has 2 heterocycles. The van der Waals surface area contributed by atoms with Gasteiger partial charge in [-0.05, 0) is 49.6 Å². The zero-order valence-electron chi connectivity index (χ0n) is 16.7. The molecule has 0 bridgehead atoms. The number of nitrogens with zero attached hydrogens (tertiary/aromatic N) is 4. The second-order valence-electron chi connectivity index (χ2n) is 6.76. The quantitative estimate of drug-likeness (QED) is 0.710. The minimum atomic E-state index is -0.0905. The van der Waals surface area contributed by atoms with E-state index in [-0.39, 0.29) is 12.5 Å². The molecule has 0 atom stereocenters. The molecular weight excluding hydrogens is 350 g/mol. The number of carbonyl (C=O) groups excluding carboxylic acids is 1. The summed E-state index contributed by atoms with van der Waals surface area (Å²) in [6.07, 6.45) is 2.50. The molecule has 6 nitrogen and oxygen atoms in total. The lowest BCUT2D eigenvalue weighted by atomic mass is 10.1. The summed E-state index contributed by atoms with van der Waals surface area (Å²) in [6.45, 7) is 6.27. The van der Waals surface area contributed by atoms with Gasteiger partial charge in [-0.1, -0.05) is 25.1 Å². The second-order valence-corrected chi connectivity index (χ2v) is 6.76. The smallest absolute Gasteiger partial charge is 0.243 e. The number of likely N-dealkylation sites (N-methyl/N-ethyl adjacent to an activating group) is 1. The zero-order chi connectivity index (χ0) is 20.1. The number of nitrogens with one attached hydrogen (secondary N) is 1. The molecule has 0 aliphatic heterocycles. The lowest BCUT2D eigenvalue weighted by molar-refractivity contribution is -0.114. The van der Waals surface area contributed by atoms with Crippen LogP contribution >= 0.6 is 0 Å². The minimum absolute atomic E-state index is 0.0905. The minimum Gasteiger partial charge on any atom is -0.350 e. The van der Waals surface area contributed by atoms with E-state index in [2.05, 4.69) is 20.3 Å². The zero-order valence-corrected chi connectivity index (χ0v) is 16.7. The number of carbonyl (C=O) groups is 1. The van der Waals surface area contributed by atoms with Crippen LogP contribution in [0.25, 0.3) is 11.5 Å². The Morgan fingerprint density at radius 3 is 2.64 bits per heavy atom. The van der Waals surface area contributed by atoms with Crippen molar-refractivity contribution in [3.05, 3.63) is 65.5 Å². The van der Waals surface area contributed by atoms with Crippen LogP contribution in [0.3, 0.4) is 0 Å². The van der Waals surface area contributed by atoms with Crippen LogP contribution in [0.4, 0.5) is 11.5 Å². The fourth-order valence-electron chi connectivity index (χ4n) is 2.84. The Morgan fingerprint density at radius 1 is 1.11 bits per heavy atom. The van der Waals surface area contributed by atoms with Gasteiger partial charge in [-0.2, -0.15) is 0 Å². The second kappa shape index (κ2) is 8.61. The lowest BCUT2D eigenvalue weighted by Crippen LogP contribution is -2.31. The summed E-state index contributed by atoms with van der Waals surface area (Å²) in [5, 5.41) is 2.99. The number of hydrogen-bond donors (Lipinski definition) is 1. The first-order valence-electron chi connectivity index (χ1n) is 9.34. The summed E-state index contributed by atoms with van der Waals surface area (Å²) in [6, 6.07) is 13.5. The van der Waals surface area contributed by atoms with Gasteiger partial charge >= 0.3 is 0 Å². The number of aromatic nitrogens is 3. The van der Waals surface area contributed by atoms with E-state index in [0.717, 1.165) is 28.9 Å². The van der Waals surface area contributed by atoms with Crippen LogP contribution in [0, 0.1) is 13.8 Å². The van der Waals surface area contributed by atoms with Crippen LogP contribution < -0.4 is 10.2 Å². The van der Waals surface area contributed by atoms with Crippen LogP contribution in [-0.4, -0.2) is 34.5 Å². The molecule has 0 aliphatic carbocycles. The third kappa shape index (κ3) is 4.52. The van der Waals surface area contributed by atoms with Crippen molar-refractivity contribution in [1.82, 2.24) is 15.0 Å². The van der Waals surface area contributed by atoms with Gasteiger partial charge in [-0.25, -0.2) is 9.97 Å². The molecule has 1 aromatic carbocycles. The average molecular weight is 375 g/mol. The third-order valence-corrected chi connectivity index (χ3v) is 4.67. The van der Waals surface area contributed by atoms with E-state index in [1.165, 1.54) is 0 Å². The predicted molar refractivity (Wildman–Crippen MR) is 112 cm³/mol. The Kier molecular flexibility index (Phi) is 5.99. The summed E-state index contributed by atoms with van der Waals surface area (Å²) >= 11 is 0. The number of aryl methyl sites for hydroxylation is 2. The van der Waals surface area contributed by atoms with Gasteiger partial charge in [0.25, 0.3) is 0 Å². The van der Waals surface area contributed by atoms with Crippen molar-refractivity contribution in [2.45, 2.75) is 27.2 Å². The van der Waals surface area contributed by atoms with Crippen molar-refractivity contribution in [3.8, 4) is 11.5 Å². The highest BCUT2D eigenvalue weighted by Crippen LogP contribution is 2.20. The van der Waals surface area contributed by atoms with Gasteiger partial charge in [-0.15, -0.1) is 0 Å². The van der Waals surface area contributed by atoms with Gasteiger partial charge in [-0.3, -0.25) is 9.78 Å². The van der Waals surface area contributed by atoms with Crippen LogP contribution in [0.1, 0.15) is 23.7 Å². The number of anilines is 2. The summed E-state index contributed by atoms with van der Waals surface area (Å²) < 4.78 is 0. The molecular formula is C22H25N5O. The highest BCUT2D eigenvalue weighted by atomic mass is 16.2. The Labute approximate surface area is 165 Å². The molecule has 0 saturated heterocycles. The van der Waals surface area contributed by atoms with E-state index in [1.807, 2.05) is 75.2 Å². The maximum Gasteiger partial charge on any atom is 0.243 e. The average Bonchev–Trinajstić information content (AvgIpc) is 2.71. The van der Waals surface area contributed by atoms with E-state index in [1.54, 1.807) is 6.20 Å². The Hall–Kier alpha value is -3.28. The maximum absolute atomic E-state index is 12.6. The molecule has 0 spiro atoms. The van der Waals surface area contributed by atoms with Gasteiger partial charge in [0.1, 0.15) is 11.5 Å². The summed E-state index contributed by atoms with van der Waals surface area (Å²) in [5.74, 6) is 1.17. The van der Waals surface area contributed by atoms with Crippen molar-refractivity contribution in [1.29, 1.82) is 0 Å². The molecule has 28 heavy (non-hydrogen) atoms. The molecule has 0 aliphatic rings. The lowest BCUT2D eigenvalue weighted by Gasteiger charge is -2.19. The molecule has 1 amide bonds.